The van der Waals surface area contributed by atoms with Crippen LogP contribution in [0.4, 0.5) is 0 Å². The van der Waals surface area contributed by atoms with Gasteiger partial charge in [0.1, 0.15) is 0 Å². The van der Waals surface area contributed by atoms with Crippen molar-refractivity contribution in [3.8, 4) is 0 Å². The molecule has 0 aliphatic carbocycles. The third kappa shape index (κ3) is 1.43. The number of carbonyl (C=O) groups is 1. The molecule has 0 radical (unpaired) electrons. The largest absolute Gasteiger partial charge is 0.376 e. The molecule has 0 saturated carbocycles. The summed E-state index contributed by atoms with van der Waals surface area (Å²) < 4.78 is 5.67. The summed E-state index contributed by atoms with van der Waals surface area (Å²) in [6, 6.07) is 8.41. The minimum Gasteiger partial charge on any atom is -0.376 e. The lowest BCUT2D eigenvalue weighted by atomic mass is 9.72. The van der Waals surface area contributed by atoms with Gasteiger partial charge in [0.05, 0.1) is 13.2 Å². The van der Waals surface area contributed by atoms with Crippen molar-refractivity contribution in [1.29, 1.82) is 0 Å². The quantitative estimate of drug-likeness (QED) is 0.712. The molecule has 1 amide bonds. The Morgan fingerprint density at radius 2 is 2.19 bits per heavy atom. The molecule has 1 N–H and O–H groups in total. The number of rotatable bonds is 0. The summed E-state index contributed by atoms with van der Waals surface area (Å²) in [5.41, 5.74) is 2.65. The summed E-state index contributed by atoms with van der Waals surface area (Å²) in [6.07, 6.45) is 1.51. The van der Waals surface area contributed by atoms with E-state index in [4.69, 9.17) is 4.74 Å². The Morgan fingerprint density at radius 3 is 3.00 bits per heavy atom. The molecule has 0 aromatic heterocycles. The van der Waals surface area contributed by atoms with Gasteiger partial charge in [0.25, 0.3) is 0 Å². The number of fused-ring (bicyclic) bond motifs is 2. The molecule has 3 nitrogen and oxygen atoms in total. The summed E-state index contributed by atoms with van der Waals surface area (Å²) in [5.74, 6) is 0.161. The number of nitrogens with one attached hydrogen (secondary N) is 1. The van der Waals surface area contributed by atoms with E-state index in [1.165, 1.54) is 11.1 Å². The third-order valence-electron chi connectivity index (χ3n) is 3.68. The topological polar surface area (TPSA) is 38.3 Å². The average Bonchev–Trinajstić information content (AvgIpc) is 2.34. The van der Waals surface area contributed by atoms with Crippen LogP contribution in [0.15, 0.2) is 24.3 Å². The highest BCUT2D eigenvalue weighted by molar-refractivity contribution is 5.77. The fraction of sp³-hybridized carbons (Fsp3) is 0.462. The van der Waals surface area contributed by atoms with Crippen LogP contribution in [0.25, 0.3) is 0 Å². The van der Waals surface area contributed by atoms with E-state index >= 15 is 0 Å². The van der Waals surface area contributed by atoms with Crippen molar-refractivity contribution in [3.63, 3.8) is 0 Å². The molecule has 3 rings (SSSR count). The van der Waals surface area contributed by atoms with Crippen molar-refractivity contribution in [3.05, 3.63) is 35.4 Å². The zero-order chi connectivity index (χ0) is 11.0. The zero-order valence-corrected chi connectivity index (χ0v) is 9.16. The molecule has 2 aliphatic rings. The van der Waals surface area contributed by atoms with Gasteiger partial charge >= 0.3 is 0 Å². The molecular weight excluding hydrogens is 202 g/mol. The number of ether oxygens (including phenoxy) is 1. The van der Waals surface area contributed by atoms with Crippen LogP contribution in [0.3, 0.4) is 0 Å². The maximum absolute atomic E-state index is 11.2. The van der Waals surface area contributed by atoms with E-state index in [-0.39, 0.29) is 11.3 Å². The first-order valence-electron chi connectivity index (χ1n) is 5.73. The second-order valence-electron chi connectivity index (χ2n) is 4.71. The lowest BCUT2D eigenvalue weighted by Crippen LogP contribution is -2.50. The summed E-state index contributed by atoms with van der Waals surface area (Å²) in [4.78, 5) is 11.2. The van der Waals surface area contributed by atoms with E-state index in [2.05, 4.69) is 23.5 Å². The van der Waals surface area contributed by atoms with E-state index in [0.29, 0.717) is 19.6 Å². The predicted molar refractivity (Wildman–Crippen MR) is 60.0 cm³/mol. The van der Waals surface area contributed by atoms with Crippen LogP contribution in [-0.4, -0.2) is 19.1 Å². The molecule has 1 atom stereocenters. The summed E-state index contributed by atoms with van der Waals surface area (Å²) in [7, 11) is 0. The Morgan fingerprint density at radius 1 is 1.31 bits per heavy atom. The van der Waals surface area contributed by atoms with Crippen LogP contribution in [0.5, 0.6) is 0 Å². The molecule has 2 heterocycles. The van der Waals surface area contributed by atoms with Crippen molar-refractivity contribution in [2.24, 2.45) is 0 Å². The minimum absolute atomic E-state index is 0.0166. The molecule has 1 aromatic rings. The van der Waals surface area contributed by atoms with Crippen molar-refractivity contribution >= 4 is 5.91 Å². The van der Waals surface area contributed by atoms with Crippen LogP contribution < -0.4 is 5.32 Å². The highest BCUT2D eigenvalue weighted by Crippen LogP contribution is 2.37. The van der Waals surface area contributed by atoms with Crippen LogP contribution in [-0.2, 0) is 21.6 Å². The van der Waals surface area contributed by atoms with Crippen molar-refractivity contribution in [2.75, 3.05) is 13.2 Å². The van der Waals surface area contributed by atoms with E-state index in [1.807, 2.05) is 6.07 Å². The molecule has 0 bridgehead atoms. The molecule has 1 unspecified atom stereocenters. The first-order chi connectivity index (χ1) is 7.80. The van der Waals surface area contributed by atoms with Crippen molar-refractivity contribution < 1.29 is 9.53 Å². The van der Waals surface area contributed by atoms with E-state index in [1.54, 1.807) is 0 Å². The number of carbonyl (C=O) groups excluding carboxylic acids is 1. The molecule has 16 heavy (non-hydrogen) atoms. The monoisotopic (exact) mass is 217 g/mol. The van der Waals surface area contributed by atoms with Gasteiger partial charge in [0.2, 0.25) is 5.91 Å². The van der Waals surface area contributed by atoms with Gasteiger partial charge in [-0.2, -0.15) is 0 Å². The Hall–Kier alpha value is -1.35. The molecule has 2 aliphatic heterocycles. The first kappa shape index (κ1) is 9.85. The molecule has 1 saturated heterocycles. The first-order valence-corrected chi connectivity index (χ1v) is 5.73. The second-order valence-corrected chi connectivity index (χ2v) is 4.71. The minimum atomic E-state index is 0.0166. The number of benzene rings is 1. The highest BCUT2D eigenvalue weighted by Gasteiger charge is 2.40. The normalized spacial score (nSPS) is 28.6. The molecular formula is C13H15NO2. The van der Waals surface area contributed by atoms with Gasteiger partial charge in [0, 0.05) is 18.4 Å². The molecule has 1 aromatic carbocycles. The van der Waals surface area contributed by atoms with Crippen LogP contribution in [0.1, 0.15) is 24.0 Å². The van der Waals surface area contributed by atoms with Gasteiger partial charge in [-0.25, -0.2) is 0 Å². The van der Waals surface area contributed by atoms with Crippen molar-refractivity contribution in [2.45, 2.75) is 24.9 Å². The number of piperidine rings is 1. The van der Waals surface area contributed by atoms with Gasteiger partial charge in [-0.15, -0.1) is 0 Å². The molecule has 1 spiro atoms. The fourth-order valence-corrected chi connectivity index (χ4v) is 2.75. The van der Waals surface area contributed by atoms with Gasteiger partial charge in [0.15, 0.2) is 0 Å². The smallest absolute Gasteiger partial charge is 0.220 e. The van der Waals surface area contributed by atoms with Crippen LogP contribution >= 0.6 is 0 Å². The molecule has 84 valence electrons. The Bertz CT molecular complexity index is 418. The predicted octanol–water partition coefficient (Wildman–Crippen LogP) is 1.36. The fourth-order valence-electron chi connectivity index (χ4n) is 2.75. The van der Waals surface area contributed by atoms with Gasteiger partial charge in [-0.1, -0.05) is 24.3 Å². The maximum atomic E-state index is 11.2. The standard InChI is InChI=1S/C13H15NO2/c15-12-5-6-13(8-14-12)9-16-7-10-3-1-2-4-11(10)13/h1-4H,5-9H2,(H,14,15). The number of hydrogen-bond acceptors (Lipinski definition) is 2. The Labute approximate surface area is 94.8 Å². The Kier molecular flexibility index (Phi) is 2.21. The SMILES string of the molecule is O=C1CCC2(CN1)COCc1ccccc12. The van der Waals surface area contributed by atoms with Gasteiger partial charge < -0.3 is 10.1 Å². The number of hydrogen-bond donors (Lipinski definition) is 1. The average molecular weight is 217 g/mol. The Balaban J connectivity index is 2.00. The van der Waals surface area contributed by atoms with Gasteiger partial charge in [-0.05, 0) is 17.5 Å². The van der Waals surface area contributed by atoms with Crippen molar-refractivity contribution in [1.82, 2.24) is 5.32 Å². The van der Waals surface area contributed by atoms with Crippen LogP contribution in [0.2, 0.25) is 0 Å². The number of amides is 1. The zero-order valence-electron chi connectivity index (χ0n) is 9.16. The van der Waals surface area contributed by atoms with Crippen LogP contribution in [0, 0.1) is 0 Å². The van der Waals surface area contributed by atoms with E-state index in [0.717, 1.165) is 13.0 Å². The molecule has 1 fully saturated rings. The molecule has 3 heteroatoms. The lowest BCUT2D eigenvalue weighted by molar-refractivity contribution is -0.124. The van der Waals surface area contributed by atoms with E-state index in [9.17, 15) is 4.79 Å². The van der Waals surface area contributed by atoms with Gasteiger partial charge in [-0.3, -0.25) is 4.79 Å². The second kappa shape index (κ2) is 3.59. The maximum Gasteiger partial charge on any atom is 0.220 e. The third-order valence-corrected chi connectivity index (χ3v) is 3.68. The highest BCUT2D eigenvalue weighted by atomic mass is 16.5. The lowest BCUT2D eigenvalue weighted by Gasteiger charge is -2.41. The summed E-state index contributed by atoms with van der Waals surface area (Å²) >= 11 is 0. The summed E-state index contributed by atoms with van der Waals surface area (Å²) in [6.45, 7) is 2.14. The summed E-state index contributed by atoms with van der Waals surface area (Å²) in [5, 5.41) is 2.96. The van der Waals surface area contributed by atoms with E-state index < -0.39 is 0 Å².